The number of piperidine rings is 1. The fourth-order valence-electron chi connectivity index (χ4n) is 6.43. The van der Waals surface area contributed by atoms with E-state index in [-0.39, 0.29) is 31.0 Å². The molecular formula is C40H37N7O3. The second kappa shape index (κ2) is 14.0. The van der Waals surface area contributed by atoms with Crippen LogP contribution in [0.5, 0.6) is 0 Å². The Morgan fingerprint density at radius 3 is 2.12 bits per heavy atom. The van der Waals surface area contributed by atoms with Crippen LogP contribution in [-0.2, 0) is 11.3 Å². The molecule has 1 aliphatic heterocycles. The second-order valence-electron chi connectivity index (χ2n) is 12.5. The van der Waals surface area contributed by atoms with Crippen molar-refractivity contribution in [3.8, 4) is 11.8 Å². The molecule has 1 fully saturated rings. The maximum absolute atomic E-state index is 13.0. The number of hydrogen-bond donors (Lipinski definition) is 4. The molecule has 10 heteroatoms. The van der Waals surface area contributed by atoms with Gasteiger partial charge in [-0.15, -0.1) is 0 Å². The molecule has 2 amide bonds. The van der Waals surface area contributed by atoms with Gasteiger partial charge < -0.3 is 35.1 Å². The second-order valence-corrected chi connectivity index (χ2v) is 12.5. The van der Waals surface area contributed by atoms with Crippen LogP contribution in [-0.4, -0.2) is 51.8 Å². The summed E-state index contributed by atoms with van der Waals surface area (Å²) in [6.07, 6.45) is 5.18. The molecule has 0 spiro atoms. The molecule has 1 saturated heterocycles. The Labute approximate surface area is 289 Å². The van der Waals surface area contributed by atoms with Crippen LogP contribution in [0.2, 0.25) is 0 Å². The highest BCUT2D eigenvalue weighted by Crippen LogP contribution is 2.27. The molecule has 10 nitrogen and oxygen atoms in total. The Hall–Kier alpha value is -6.31. The number of aliphatic hydroxyl groups is 1. The third-order valence-corrected chi connectivity index (χ3v) is 9.15. The van der Waals surface area contributed by atoms with Crippen molar-refractivity contribution in [2.45, 2.75) is 25.5 Å². The molecule has 2 aromatic heterocycles. The smallest absolute Gasteiger partial charge is 0.255 e. The van der Waals surface area contributed by atoms with Crippen LogP contribution < -0.4 is 20.9 Å². The lowest BCUT2D eigenvalue weighted by molar-refractivity contribution is -0.121. The number of rotatable bonds is 10. The number of fused-ring (bicyclic) bond motifs is 2. The Bertz CT molecular complexity index is 2240. The van der Waals surface area contributed by atoms with Crippen molar-refractivity contribution in [2.24, 2.45) is 0 Å². The van der Waals surface area contributed by atoms with Crippen LogP contribution in [0.25, 0.3) is 33.2 Å². The molecule has 50 heavy (non-hydrogen) atoms. The predicted octanol–water partition coefficient (Wildman–Crippen LogP) is 6.52. The summed E-state index contributed by atoms with van der Waals surface area (Å²) in [5, 5.41) is 29.4. The molecule has 0 saturated carbocycles. The average Bonchev–Trinajstić information content (AvgIpc) is 3.74. The van der Waals surface area contributed by atoms with Crippen molar-refractivity contribution in [2.75, 3.05) is 35.2 Å². The van der Waals surface area contributed by atoms with Gasteiger partial charge >= 0.3 is 0 Å². The van der Waals surface area contributed by atoms with Gasteiger partial charge in [0.15, 0.2) is 0 Å². The fraction of sp³-hybridized carbons (Fsp3) is 0.175. The van der Waals surface area contributed by atoms with Crippen molar-refractivity contribution < 1.29 is 14.7 Å². The van der Waals surface area contributed by atoms with Crippen molar-refractivity contribution in [3.05, 3.63) is 127 Å². The van der Waals surface area contributed by atoms with E-state index >= 15 is 0 Å². The molecule has 250 valence electrons. The van der Waals surface area contributed by atoms with Gasteiger partial charge in [-0.3, -0.25) is 9.59 Å². The number of nitrogens with zero attached hydrogens (tertiary/aromatic N) is 4. The van der Waals surface area contributed by atoms with Gasteiger partial charge in [0.2, 0.25) is 5.91 Å². The van der Waals surface area contributed by atoms with Gasteiger partial charge in [0.05, 0.1) is 17.7 Å². The first-order chi connectivity index (χ1) is 24.3. The van der Waals surface area contributed by atoms with Crippen molar-refractivity contribution in [1.29, 1.82) is 5.26 Å². The highest BCUT2D eigenvalue weighted by atomic mass is 16.3. The summed E-state index contributed by atoms with van der Waals surface area (Å²) in [5.41, 5.74) is 7.91. The summed E-state index contributed by atoms with van der Waals surface area (Å²) in [5.74, 6) is -0.372. The lowest BCUT2D eigenvalue weighted by Gasteiger charge is -2.31. The normalized spacial score (nSPS) is 13.2. The number of nitrogens with one attached hydrogen (secondary N) is 3. The molecule has 0 unspecified atom stereocenters. The van der Waals surface area contributed by atoms with Gasteiger partial charge in [0.1, 0.15) is 13.1 Å². The minimum atomic E-state index is -0.221. The van der Waals surface area contributed by atoms with Crippen LogP contribution in [0, 0.1) is 11.3 Å². The van der Waals surface area contributed by atoms with Gasteiger partial charge in [-0.1, -0.05) is 18.7 Å². The van der Waals surface area contributed by atoms with Crippen LogP contribution in [0.4, 0.5) is 17.1 Å². The monoisotopic (exact) mass is 663 g/mol. The highest BCUT2D eigenvalue weighted by molar-refractivity contribution is 6.05. The van der Waals surface area contributed by atoms with Crippen molar-refractivity contribution >= 4 is 56.4 Å². The van der Waals surface area contributed by atoms with E-state index in [0.717, 1.165) is 81.7 Å². The van der Waals surface area contributed by atoms with Gasteiger partial charge in [-0.05, 0) is 103 Å². The van der Waals surface area contributed by atoms with E-state index in [9.17, 15) is 14.7 Å². The first kappa shape index (κ1) is 32.2. The number of carbonyl (C=O) groups excluding carboxylic acids is 2. The molecule has 0 bridgehead atoms. The zero-order valence-electron chi connectivity index (χ0n) is 27.5. The number of benzene rings is 4. The van der Waals surface area contributed by atoms with E-state index < -0.39 is 0 Å². The van der Waals surface area contributed by atoms with E-state index in [1.165, 1.54) is 0 Å². The lowest BCUT2D eigenvalue weighted by atomic mass is 10.1. The molecule has 1 aliphatic rings. The van der Waals surface area contributed by atoms with E-state index in [2.05, 4.69) is 32.0 Å². The third kappa shape index (κ3) is 6.95. The quantitative estimate of drug-likeness (QED) is 0.124. The maximum atomic E-state index is 13.0. The number of anilines is 3. The number of nitriles is 1. The van der Waals surface area contributed by atoms with Gasteiger partial charge in [-0.25, -0.2) is 0 Å². The summed E-state index contributed by atoms with van der Waals surface area (Å²) in [6, 6.07) is 33.5. The summed E-state index contributed by atoms with van der Waals surface area (Å²) >= 11 is 0. The maximum Gasteiger partial charge on any atom is 0.255 e. The number of hydrogen-bond acceptors (Lipinski definition) is 6. The van der Waals surface area contributed by atoms with Gasteiger partial charge in [0, 0.05) is 75.8 Å². The molecule has 7 rings (SSSR count). The molecule has 3 heterocycles. The molecule has 0 radical (unpaired) electrons. The molecule has 4 N–H and O–H groups in total. The van der Waals surface area contributed by atoms with E-state index in [0.29, 0.717) is 5.56 Å². The SMILES string of the molecule is C=C(Nc1ccc2c(ccn2CC(=O)NCC#N)c1)c1ccc(-n2ccc3cc(NC(=O)c4ccc(N5CCC(O)CC5)cc4)ccc32)cc1. The summed E-state index contributed by atoms with van der Waals surface area (Å²) < 4.78 is 3.96. The number of aliphatic hydroxyl groups excluding tert-OH is 1. The molecular weight excluding hydrogens is 626 g/mol. The molecule has 6 aromatic rings. The first-order valence-corrected chi connectivity index (χ1v) is 16.6. The number of carbonyl (C=O) groups is 2. The van der Waals surface area contributed by atoms with Crippen molar-refractivity contribution in [3.63, 3.8) is 0 Å². The molecule has 0 atom stereocenters. The lowest BCUT2D eigenvalue weighted by Crippen LogP contribution is -2.35. The average molecular weight is 664 g/mol. The van der Waals surface area contributed by atoms with Gasteiger partial charge in [0.25, 0.3) is 5.91 Å². The van der Waals surface area contributed by atoms with Crippen LogP contribution >= 0.6 is 0 Å². The number of amides is 2. The van der Waals surface area contributed by atoms with E-state index in [4.69, 9.17) is 5.26 Å². The van der Waals surface area contributed by atoms with E-state index in [1.807, 2.05) is 120 Å². The summed E-state index contributed by atoms with van der Waals surface area (Å²) in [6.45, 7) is 6.02. The summed E-state index contributed by atoms with van der Waals surface area (Å²) in [7, 11) is 0. The Morgan fingerprint density at radius 1 is 0.780 bits per heavy atom. The topological polar surface area (TPSA) is 127 Å². The third-order valence-electron chi connectivity index (χ3n) is 9.15. The Balaban J connectivity index is 0.978. The Kier molecular flexibility index (Phi) is 9.06. The summed E-state index contributed by atoms with van der Waals surface area (Å²) in [4.78, 5) is 27.3. The van der Waals surface area contributed by atoms with E-state index in [1.54, 1.807) is 0 Å². The van der Waals surface area contributed by atoms with Gasteiger partial charge in [-0.2, -0.15) is 5.26 Å². The zero-order chi connectivity index (χ0) is 34.6. The van der Waals surface area contributed by atoms with Crippen LogP contribution in [0.15, 0.2) is 116 Å². The molecule has 0 aliphatic carbocycles. The standard InChI is InChI=1S/C40H37N7O3/c1-27(43-32-6-12-37-30(24-32)14-20-46(37)26-39(49)42-19-18-41)28-2-10-35(11-3-28)47-23-15-31-25-33(7-13-38(31)47)44-40(50)29-4-8-34(9-5-29)45-21-16-36(48)17-22-45/h2-15,20,23-25,36,43,48H,1,16-17,19,21-22,26H2,(H,42,49)(H,44,50). The predicted molar refractivity (Wildman–Crippen MR) is 198 cm³/mol. The van der Waals surface area contributed by atoms with Crippen molar-refractivity contribution in [1.82, 2.24) is 14.5 Å². The Morgan fingerprint density at radius 2 is 1.40 bits per heavy atom. The molecule has 4 aromatic carbocycles. The fourth-order valence-corrected chi connectivity index (χ4v) is 6.43. The minimum absolute atomic E-state index is 0.0101. The number of aromatic nitrogens is 2. The minimum Gasteiger partial charge on any atom is -0.393 e. The first-order valence-electron chi connectivity index (χ1n) is 16.6. The highest BCUT2D eigenvalue weighted by Gasteiger charge is 2.18. The zero-order valence-corrected chi connectivity index (χ0v) is 27.5. The van der Waals surface area contributed by atoms with Crippen LogP contribution in [0.3, 0.4) is 0 Å². The largest absolute Gasteiger partial charge is 0.393 e. The van der Waals surface area contributed by atoms with Crippen LogP contribution in [0.1, 0.15) is 28.8 Å².